The summed E-state index contributed by atoms with van der Waals surface area (Å²) in [6.45, 7) is 0.507. The number of fused-ring (bicyclic) bond motifs is 2. The first kappa shape index (κ1) is 26.2. The number of hydrogen-bond acceptors (Lipinski definition) is 4. The smallest absolute Gasteiger partial charge is 0.268 e. The predicted molar refractivity (Wildman–Crippen MR) is 164 cm³/mol. The second-order valence-corrected chi connectivity index (χ2v) is 11.8. The summed E-state index contributed by atoms with van der Waals surface area (Å²) in [5.74, 6) is -0.0777. The summed E-state index contributed by atoms with van der Waals surface area (Å²) in [5.41, 5.74) is 15.2. The Hall–Kier alpha value is -4.07. The molecule has 1 heterocycles. The molecular formula is C33H33N5OS. The minimum Gasteiger partial charge on any atom is -0.384 e. The van der Waals surface area contributed by atoms with E-state index in [0.717, 1.165) is 57.8 Å². The highest BCUT2D eigenvalue weighted by Gasteiger charge is 2.23. The molecule has 4 aromatic carbocycles. The van der Waals surface area contributed by atoms with Crippen molar-refractivity contribution >= 4 is 45.2 Å². The number of nitrogens with two attached hydrogens (primary N) is 2. The van der Waals surface area contributed by atoms with Crippen molar-refractivity contribution in [3.63, 3.8) is 0 Å². The summed E-state index contributed by atoms with van der Waals surface area (Å²) < 4.78 is 2.07. The van der Waals surface area contributed by atoms with Crippen LogP contribution >= 0.6 is 11.8 Å². The number of nitrogens with zero attached hydrogens (tertiary/aromatic N) is 1. The molecule has 0 unspecified atom stereocenters. The number of amidine groups is 1. The van der Waals surface area contributed by atoms with Crippen LogP contribution in [0.15, 0.2) is 101 Å². The van der Waals surface area contributed by atoms with E-state index in [9.17, 15) is 4.79 Å². The van der Waals surface area contributed by atoms with Crippen LogP contribution in [0.2, 0.25) is 0 Å². The highest BCUT2D eigenvalue weighted by Crippen LogP contribution is 2.33. The van der Waals surface area contributed by atoms with Crippen LogP contribution in [0.1, 0.15) is 47.3 Å². The number of amides is 1. The summed E-state index contributed by atoms with van der Waals surface area (Å²) in [5, 5.41) is 14.5. The maximum Gasteiger partial charge on any atom is 0.268 e. The van der Waals surface area contributed by atoms with Gasteiger partial charge in [-0.1, -0.05) is 66.4 Å². The number of carbonyl (C=O) groups excluding carboxylic acids is 1. The van der Waals surface area contributed by atoms with Crippen molar-refractivity contribution in [2.45, 2.75) is 54.1 Å². The molecule has 6 nitrogen and oxygen atoms in total. The van der Waals surface area contributed by atoms with Gasteiger partial charge in [-0.15, -0.1) is 0 Å². The summed E-state index contributed by atoms with van der Waals surface area (Å²) in [7, 11) is 0. The Kier molecular flexibility index (Phi) is 7.32. The molecule has 1 aliphatic rings. The number of carbonyl (C=O) groups is 1. The highest BCUT2D eigenvalue weighted by molar-refractivity contribution is 7.99. The third kappa shape index (κ3) is 5.48. The largest absolute Gasteiger partial charge is 0.384 e. The summed E-state index contributed by atoms with van der Waals surface area (Å²) in [6, 6.07) is 31.2. The first-order valence-electron chi connectivity index (χ1n) is 13.7. The Morgan fingerprint density at radius 1 is 0.875 bits per heavy atom. The van der Waals surface area contributed by atoms with Gasteiger partial charge in [-0.2, -0.15) is 0 Å². The van der Waals surface area contributed by atoms with Crippen molar-refractivity contribution in [1.82, 2.24) is 9.88 Å². The van der Waals surface area contributed by atoms with Crippen molar-refractivity contribution in [2.75, 3.05) is 0 Å². The van der Waals surface area contributed by atoms with Gasteiger partial charge in [0.05, 0.1) is 0 Å². The molecule has 6 N–H and O–H groups in total. The molecule has 0 atom stereocenters. The maximum atomic E-state index is 13.7. The van der Waals surface area contributed by atoms with Crippen molar-refractivity contribution in [3.05, 3.63) is 108 Å². The van der Waals surface area contributed by atoms with Crippen molar-refractivity contribution in [2.24, 2.45) is 11.5 Å². The molecule has 1 fully saturated rings. The van der Waals surface area contributed by atoms with Crippen molar-refractivity contribution in [1.29, 1.82) is 5.41 Å². The predicted octanol–water partition coefficient (Wildman–Crippen LogP) is 6.28. The van der Waals surface area contributed by atoms with Gasteiger partial charge in [0.25, 0.3) is 5.91 Å². The van der Waals surface area contributed by atoms with Crippen molar-refractivity contribution < 1.29 is 4.79 Å². The lowest BCUT2D eigenvalue weighted by Crippen LogP contribution is -2.41. The van der Waals surface area contributed by atoms with Crippen LogP contribution in [-0.2, 0) is 6.54 Å². The first-order valence-corrected chi connectivity index (χ1v) is 14.5. The second kappa shape index (κ2) is 11.2. The molecule has 6 rings (SSSR count). The third-order valence-corrected chi connectivity index (χ3v) is 8.76. The zero-order valence-corrected chi connectivity index (χ0v) is 23.1. The van der Waals surface area contributed by atoms with E-state index in [-0.39, 0.29) is 23.8 Å². The van der Waals surface area contributed by atoms with Crippen LogP contribution in [0.4, 0.5) is 0 Å². The minimum absolute atomic E-state index is 0.00547. The molecule has 0 bridgehead atoms. The topological polar surface area (TPSA) is 110 Å². The number of aromatic nitrogens is 1. The number of nitrogens with one attached hydrogen (secondary N) is 2. The quantitative estimate of drug-likeness (QED) is 0.142. The van der Waals surface area contributed by atoms with Crippen LogP contribution in [-0.4, -0.2) is 28.4 Å². The van der Waals surface area contributed by atoms with Crippen LogP contribution < -0.4 is 16.8 Å². The van der Waals surface area contributed by atoms with E-state index < -0.39 is 0 Å². The van der Waals surface area contributed by atoms with Crippen LogP contribution in [0.3, 0.4) is 0 Å². The molecular weight excluding hydrogens is 514 g/mol. The Bertz CT molecular complexity index is 1700. The van der Waals surface area contributed by atoms with Crippen LogP contribution in [0.5, 0.6) is 0 Å². The zero-order valence-electron chi connectivity index (χ0n) is 22.3. The molecule has 1 aromatic heterocycles. The van der Waals surface area contributed by atoms with Gasteiger partial charge in [0.15, 0.2) is 0 Å². The molecule has 40 heavy (non-hydrogen) atoms. The average molecular weight is 548 g/mol. The maximum absolute atomic E-state index is 13.7. The average Bonchev–Trinajstić information content (AvgIpc) is 3.32. The molecule has 0 aliphatic heterocycles. The first-order chi connectivity index (χ1) is 19.4. The number of nitrogen functional groups attached to an aromatic ring is 1. The molecule has 202 valence electrons. The molecule has 7 heteroatoms. The van der Waals surface area contributed by atoms with E-state index in [0.29, 0.717) is 17.8 Å². The Morgan fingerprint density at radius 3 is 2.40 bits per heavy atom. The van der Waals surface area contributed by atoms with Gasteiger partial charge >= 0.3 is 0 Å². The lowest BCUT2D eigenvalue weighted by atomic mass is 9.92. The van der Waals surface area contributed by atoms with E-state index in [1.807, 2.05) is 42.5 Å². The fourth-order valence-electron chi connectivity index (χ4n) is 5.65. The van der Waals surface area contributed by atoms with E-state index >= 15 is 0 Å². The number of hydrogen-bond donors (Lipinski definition) is 4. The van der Waals surface area contributed by atoms with Gasteiger partial charge < -0.3 is 21.4 Å². The van der Waals surface area contributed by atoms with Gasteiger partial charge in [0.2, 0.25) is 0 Å². The Balaban J connectivity index is 1.43. The molecule has 1 amide bonds. The molecule has 1 aliphatic carbocycles. The third-order valence-electron chi connectivity index (χ3n) is 7.78. The molecule has 5 aromatic rings. The van der Waals surface area contributed by atoms with Gasteiger partial charge in [0, 0.05) is 44.9 Å². The fourth-order valence-corrected chi connectivity index (χ4v) is 6.60. The Labute approximate surface area is 238 Å². The van der Waals surface area contributed by atoms with E-state index in [4.69, 9.17) is 16.9 Å². The fraction of sp³-hybridized carbons (Fsp3) is 0.212. The lowest BCUT2D eigenvalue weighted by molar-refractivity contribution is 0.0917. The number of rotatable bonds is 7. The van der Waals surface area contributed by atoms with Gasteiger partial charge in [0.1, 0.15) is 11.5 Å². The lowest BCUT2D eigenvalue weighted by Gasteiger charge is -2.27. The van der Waals surface area contributed by atoms with Gasteiger partial charge in [-0.3, -0.25) is 10.2 Å². The SMILES string of the molecule is N=C(N)c1ccc2cc(C(=O)NC3CCC(N)CC3)n(Cc3cc(Sc4ccccc4)cc4ccccc34)c2c1. The Morgan fingerprint density at radius 2 is 1.62 bits per heavy atom. The van der Waals surface area contributed by atoms with Crippen molar-refractivity contribution in [3.8, 4) is 0 Å². The van der Waals surface area contributed by atoms with E-state index in [2.05, 4.69) is 58.4 Å². The summed E-state index contributed by atoms with van der Waals surface area (Å²) >= 11 is 1.73. The minimum atomic E-state index is -0.0832. The molecule has 1 saturated carbocycles. The molecule has 0 spiro atoms. The highest BCUT2D eigenvalue weighted by atomic mass is 32.2. The summed E-state index contributed by atoms with van der Waals surface area (Å²) in [6.07, 6.45) is 3.64. The number of benzene rings is 4. The van der Waals surface area contributed by atoms with Crippen LogP contribution in [0.25, 0.3) is 21.7 Å². The zero-order chi connectivity index (χ0) is 27.6. The molecule has 0 saturated heterocycles. The van der Waals surface area contributed by atoms with Gasteiger partial charge in [-0.05, 0) is 78.4 Å². The van der Waals surface area contributed by atoms with E-state index in [1.165, 1.54) is 4.90 Å². The monoisotopic (exact) mass is 547 g/mol. The normalized spacial score (nSPS) is 17.2. The standard InChI is InChI=1S/C33H33N5OS/c34-25-12-14-26(15-13-25)37-33(39)31-18-22-10-11-23(32(35)36)19-30(22)38(31)20-24-17-28(40-27-7-2-1-3-8-27)16-21-6-4-5-9-29(21)24/h1-11,16-19,25-26H,12-15,20,34H2,(H3,35,36)(H,37,39). The van der Waals surface area contributed by atoms with Gasteiger partial charge in [-0.25, -0.2) is 0 Å². The molecule has 0 radical (unpaired) electrons. The summed E-state index contributed by atoms with van der Waals surface area (Å²) in [4.78, 5) is 16.0. The van der Waals surface area contributed by atoms with Crippen LogP contribution in [0, 0.1) is 5.41 Å². The van der Waals surface area contributed by atoms with E-state index in [1.54, 1.807) is 11.8 Å². The second-order valence-electron chi connectivity index (χ2n) is 10.6.